The minimum Gasteiger partial charge on any atom is -0.493 e. The third-order valence-electron chi connectivity index (χ3n) is 6.25. The second-order valence-corrected chi connectivity index (χ2v) is 8.75. The van der Waals surface area contributed by atoms with Gasteiger partial charge in [0.25, 0.3) is 5.91 Å². The molecule has 1 aromatic carbocycles. The van der Waals surface area contributed by atoms with Gasteiger partial charge in [-0.3, -0.25) is 4.79 Å². The molecule has 2 N–H and O–H groups in total. The highest BCUT2D eigenvalue weighted by molar-refractivity contribution is 6.61. The molecule has 1 unspecified atom stereocenters. The number of primary amides is 1. The Labute approximate surface area is 193 Å². The van der Waals surface area contributed by atoms with E-state index >= 15 is 0 Å². The van der Waals surface area contributed by atoms with E-state index in [0.717, 1.165) is 43.1 Å². The van der Waals surface area contributed by atoms with E-state index in [4.69, 9.17) is 33.7 Å². The number of ether oxygens (including phenoxy) is 2. The van der Waals surface area contributed by atoms with Gasteiger partial charge in [0, 0.05) is 36.3 Å². The Hall–Kier alpha value is -1.70. The number of amides is 1. The van der Waals surface area contributed by atoms with E-state index in [1.165, 1.54) is 25.9 Å². The Morgan fingerprint density at radius 1 is 1.19 bits per heavy atom. The van der Waals surface area contributed by atoms with Crippen molar-refractivity contribution in [3.05, 3.63) is 22.2 Å². The minimum absolute atomic E-state index is 0.350. The molecule has 172 valence electrons. The molecule has 4 aliphatic heterocycles. The van der Waals surface area contributed by atoms with Crippen molar-refractivity contribution in [1.82, 2.24) is 4.90 Å². The average molecular weight is 472 g/mol. The van der Waals surface area contributed by atoms with Crippen LogP contribution in [0.1, 0.15) is 49.0 Å². The third kappa shape index (κ3) is 5.38. The molecule has 3 fully saturated rings. The number of benzene rings is 1. The summed E-state index contributed by atoms with van der Waals surface area (Å²) in [5, 5.41) is 0.628. The predicted molar refractivity (Wildman–Crippen MR) is 123 cm³/mol. The van der Waals surface area contributed by atoms with Gasteiger partial charge in [-0.2, -0.15) is 0 Å². The molecule has 31 heavy (non-hydrogen) atoms. The van der Waals surface area contributed by atoms with Crippen molar-refractivity contribution < 1.29 is 19.1 Å². The van der Waals surface area contributed by atoms with Gasteiger partial charge in [-0.1, -0.05) is 11.6 Å². The molecular weight excluding hydrogens is 441 g/mol. The van der Waals surface area contributed by atoms with Crippen LogP contribution < -0.4 is 15.4 Å². The van der Waals surface area contributed by atoms with Crippen LogP contribution in [0.2, 0.25) is 5.02 Å². The minimum atomic E-state index is -0.738. The summed E-state index contributed by atoms with van der Waals surface area (Å²) in [6.07, 6.45) is 4.47. The first-order valence-corrected chi connectivity index (χ1v) is 11.7. The molecule has 0 radical (unpaired) electrons. The quantitative estimate of drug-likeness (QED) is 0.651. The zero-order chi connectivity index (χ0) is 22.5. The lowest BCUT2D eigenvalue weighted by atomic mass is 9.81. The molecule has 1 atom stereocenters. The molecule has 0 aliphatic carbocycles. The van der Waals surface area contributed by atoms with Gasteiger partial charge >= 0.3 is 5.43 Å². The highest BCUT2D eigenvalue weighted by Crippen LogP contribution is 2.45. The van der Waals surface area contributed by atoms with Crippen molar-refractivity contribution in [2.24, 2.45) is 11.7 Å². The van der Waals surface area contributed by atoms with Crippen LogP contribution in [0.3, 0.4) is 0 Å². The number of carbonyl (C=O) groups is 2. The van der Waals surface area contributed by atoms with Gasteiger partial charge in [0.05, 0.1) is 29.5 Å². The van der Waals surface area contributed by atoms with Crippen LogP contribution in [-0.2, 0) is 11.2 Å². The van der Waals surface area contributed by atoms with Crippen LogP contribution in [0.4, 0.5) is 10.5 Å². The topological polar surface area (TPSA) is 85.1 Å². The van der Waals surface area contributed by atoms with Crippen molar-refractivity contribution in [3.8, 4) is 5.75 Å². The molecule has 4 aliphatic rings. The van der Waals surface area contributed by atoms with E-state index < -0.39 is 11.3 Å². The summed E-state index contributed by atoms with van der Waals surface area (Å²) in [6.45, 7) is 9.06. The van der Waals surface area contributed by atoms with E-state index in [1.54, 1.807) is 13.0 Å². The molecule has 1 aromatic rings. The number of fused-ring (bicyclic) bond motifs is 4. The highest BCUT2D eigenvalue weighted by Gasteiger charge is 2.40. The van der Waals surface area contributed by atoms with Gasteiger partial charge in [0.2, 0.25) is 0 Å². The zero-order valence-electron chi connectivity index (χ0n) is 18.2. The van der Waals surface area contributed by atoms with E-state index in [2.05, 4.69) is 14.5 Å². The zero-order valence-corrected chi connectivity index (χ0v) is 19.7. The molecule has 0 spiro atoms. The lowest BCUT2D eigenvalue weighted by Crippen LogP contribution is -2.58. The van der Waals surface area contributed by atoms with Gasteiger partial charge in [-0.15, -0.1) is 0 Å². The van der Waals surface area contributed by atoms with Crippen molar-refractivity contribution in [2.75, 3.05) is 44.3 Å². The molecule has 3 saturated heterocycles. The second kappa shape index (κ2) is 10.7. The van der Waals surface area contributed by atoms with Gasteiger partial charge in [-0.25, -0.2) is 4.79 Å². The fraction of sp³-hybridized carbons (Fsp3) is 0.636. The summed E-state index contributed by atoms with van der Waals surface area (Å²) in [5.74, 6) is 0.895. The number of hydrogen-bond donors (Lipinski definition) is 1. The predicted octanol–water partition coefficient (Wildman–Crippen LogP) is 4.07. The van der Waals surface area contributed by atoms with E-state index in [9.17, 15) is 9.59 Å². The number of nitrogens with zero attached hydrogens (tertiary/aromatic N) is 2. The first kappa shape index (κ1) is 24.0. The number of anilines is 1. The molecule has 0 aromatic heterocycles. The highest BCUT2D eigenvalue weighted by atomic mass is 35.5. The number of halogens is 2. The summed E-state index contributed by atoms with van der Waals surface area (Å²) in [7, 11) is 0. The smallest absolute Gasteiger partial charge is 0.403 e. The largest absolute Gasteiger partial charge is 0.493 e. The maximum atomic E-state index is 11.9. The number of rotatable bonds is 5. The van der Waals surface area contributed by atoms with E-state index in [1.807, 2.05) is 6.92 Å². The number of nitrogens with two attached hydrogens (primary N) is 1. The monoisotopic (exact) mass is 471 g/mol. The van der Waals surface area contributed by atoms with E-state index in [0.29, 0.717) is 35.6 Å². The Morgan fingerprint density at radius 3 is 2.39 bits per heavy atom. The molecule has 2 bridgehead atoms. The maximum Gasteiger partial charge on any atom is 0.403 e. The average Bonchev–Trinajstić information content (AvgIpc) is 2.76. The van der Waals surface area contributed by atoms with Gasteiger partial charge in [0.15, 0.2) is 0 Å². The third-order valence-corrected chi connectivity index (χ3v) is 6.65. The first-order valence-electron chi connectivity index (χ1n) is 11.0. The lowest BCUT2D eigenvalue weighted by Gasteiger charge is -2.51. The Balaban J connectivity index is 0.000000401. The standard InChI is InChI=1S/C19H26ClN3O2.C3H5ClO2/c1-2-25-18-13-4-3-7-23(16-11-22-8-5-12(16)6-9-22)17(13)15(20)10-14(18)19(21)24;1-2-6-3(4)5/h10,12,16H,2-9,11H2,1H3,(H2,21,24);2H2,1H3. The SMILES string of the molecule is CCOC(=O)Cl.CCOc1c(C(N)=O)cc(Cl)c2c1CCCN2C1CN2CCC1CC2. The van der Waals surface area contributed by atoms with Crippen LogP contribution in [0.15, 0.2) is 6.07 Å². The summed E-state index contributed by atoms with van der Waals surface area (Å²) in [6, 6.07) is 2.21. The van der Waals surface area contributed by atoms with Crippen molar-refractivity contribution in [2.45, 2.75) is 45.6 Å². The number of piperidine rings is 3. The Bertz CT molecular complexity index is 812. The van der Waals surface area contributed by atoms with Crippen LogP contribution in [-0.4, -0.2) is 61.7 Å². The maximum absolute atomic E-state index is 11.9. The summed E-state index contributed by atoms with van der Waals surface area (Å²) < 4.78 is 10.0. The molecular formula is C22H31Cl2N3O4. The lowest BCUT2D eigenvalue weighted by molar-refractivity contribution is 0.0845. The molecule has 4 heterocycles. The van der Waals surface area contributed by atoms with Crippen LogP contribution in [0.25, 0.3) is 0 Å². The Kier molecular flexibility index (Phi) is 8.30. The summed E-state index contributed by atoms with van der Waals surface area (Å²) >= 11 is 11.4. The van der Waals surface area contributed by atoms with Crippen LogP contribution >= 0.6 is 23.2 Å². The first-order chi connectivity index (χ1) is 14.9. The normalized spacial score (nSPS) is 24.0. The Morgan fingerprint density at radius 2 is 1.90 bits per heavy atom. The fourth-order valence-corrected chi connectivity index (χ4v) is 5.42. The van der Waals surface area contributed by atoms with Crippen LogP contribution in [0, 0.1) is 5.92 Å². The summed E-state index contributed by atoms with van der Waals surface area (Å²) in [5.41, 5.74) is 7.37. The van der Waals surface area contributed by atoms with Gasteiger partial charge in [-0.05, 0) is 64.6 Å². The van der Waals surface area contributed by atoms with Crippen molar-refractivity contribution in [3.63, 3.8) is 0 Å². The van der Waals surface area contributed by atoms with Crippen molar-refractivity contribution >= 4 is 40.2 Å². The summed E-state index contributed by atoms with van der Waals surface area (Å²) in [4.78, 5) is 26.5. The van der Waals surface area contributed by atoms with Crippen LogP contribution in [0.5, 0.6) is 5.75 Å². The number of carbonyl (C=O) groups excluding carboxylic acids is 2. The number of hydrogen-bond acceptors (Lipinski definition) is 6. The molecule has 9 heteroatoms. The molecule has 7 nitrogen and oxygen atoms in total. The molecule has 5 rings (SSSR count). The second-order valence-electron chi connectivity index (χ2n) is 8.03. The van der Waals surface area contributed by atoms with Gasteiger partial charge < -0.3 is 25.0 Å². The molecule has 0 saturated carbocycles. The fourth-order valence-electron chi connectivity index (χ4n) is 4.98. The van der Waals surface area contributed by atoms with Gasteiger partial charge in [0.1, 0.15) is 5.75 Å². The van der Waals surface area contributed by atoms with Crippen molar-refractivity contribution in [1.29, 1.82) is 0 Å². The van der Waals surface area contributed by atoms with E-state index in [-0.39, 0.29) is 0 Å². The molecule has 1 amide bonds.